The largest absolute Gasteiger partial charge is 0.493 e. The molecular formula is C13H20FNO. The molecule has 3 heteroatoms. The summed E-state index contributed by atoms with van der Waals surface area (Å²) in [5, 5.41) is 0. The van der Waals surface area contributed by atoms with Crippen molar-refractivity contribution in [1.29, 1.82) is 0 Å². The first-order valence-electron chi connectivity index (χ1n) is 5.83. The summed E-state index contributed by atoms with van der Waals surface area (Å²) >= 11 is 0. The minimum atomic E-state index is -0.289. The van der Waals surface area contributed by atoms with Crippen LogP contribution in [0.25, 0.3) is 0 Å². The van der Waals surface area contributed by atoms with Crippen LogP contribution in [0.1, 0.15) is 44.7 Å². The number of halogens is 1. The third kappa shape index (κ3) is 3.81. The highest BCUT2D eigenvalue weighted by molar-refractivity contribution is 5.30. The number of hydrogen-bond acceptors (Lipinski definition) is 2. The molecule has 0 saturated heterocycles. The van der Waals surface area contributed by atoms with E-state index in [1.165, 1.54) is 6.07 Å². The summed E-state index contributed by atoms with van der Waals surface area (Å²) in [4.78, 5) is 0. The summed E-state index contributed by atoms with van der Waals surface area (Å²) in [5.74, 6) is 0.293. The van der Waals surface area contributed by atoms with Gasteiger partial charge < -0.3 is 10.5 Å². The second-order valence-corrected chi connectivity index (χ2v) is 4.03. The van der Waals surface area contributed by atoms with Crippen molar-refractivity contribution in [2.24, 2.45) is 5.73 Å². The average molecular weight is 225 g/mol. The highest BCUT2D eigenvalue weighted by atomic mass is 19.1. The fraction of sp³-hybridized carbons (Fsp3) is 0.538. The van der Waals surface area contributed by atoms with Gasteiger partial charge in [-0.05, 0) is 19.4 Å². The van der Waals surface area contributed by atoms with Crippen LogP contribution in [0.3, 0.4) is 0 Å². The summed E-state index contributed by atoms with van der Waals surface area (Å²) in [5.41, 5.74) is 6.15. The lowest BCUT2D eigenvalue weighted by Crippen LogP contribution is -2.07. The van der Waals surface area contributed by atoms with Gasteiger partial charge in [0.05, 0.1) is 6.61 Å². The van der Waals surface area contributed by atoms with Gasteiger partial charge in [-0.3, -0.25) is 0 Å². The Balaban J connectivity index is 2.53. The standard InChI is InChI=1S/C13H20FNO/c1-3-4-5-8-16-11-6-7-12(10(2)15)13(14)9-11/h6-7,9-10H,3-5,8,15H2,1-2H3. The van der Waals surface area contributed by atoms with E-state index in [0.29, 0.717) is 17.9 Å². The molecule has 0 aliphatic carbocycles. The summed E-state index contributed by atoms with van der Waals surface area (Å²) < 4.78 is 19.0. The van der Waals surface area contributed by atoms with E-state index < -0.39 is 0 Å². The monoisotopic (exact) mass is 225 g/mol. The highest BCUT2D eigenvalue weighted by Gasteiger charge is 2.07. The molecule has 0 spiro atoms. The fourth-order valence-corrected chi connectivity index (χ4v) is 1.51. The Hall–Kier alpha value is -1.09. The number of unbranched alkanes of at least 4 members (excludes halogenated alkanes) is 2. The van der Waals surface area contributed by atoms with Gasteiger partial charge in [-0.15, -0.1) is 0 Å². The summed E-state index contributed by atoms with van der Waals surface area (Å²) in [7, 11) is 0. The zero-order valence-electron chi connectivity index (χ0n) is 10.0. The van der Waals surface area contributed by atoms with Gasteiger partial charge in [0.1, 0.15) is 11.6 Å². The van der Waals surface area contributed by atoms with Gasteiger partial charge in [-0.2, -0.15) is 0 Å². The van der Waals surface area contributed by atoms with Gasteiger partial charge in [0.2, 0.25) is 0 Å². The molecule has 1 rings (SSSR count). The molecule has 16 heavy (non-hydrogen) atoms. The normalized spacial score (nSPS) is 12.5. The maximum atomic E-state index is 13.5. The Morgan fingerprint density at radius 1 is 1.38 bits per heavy atom. The predicted molar refractivity (Wildman–Crippen MR) is 64.0 cm³/mol. The second-order valence-electron chi connectivity index (χ2n) is 4.03. The van der Waals surface area contributed by atoms with Crippen molar-refractivity contribution < 1.29 is 9.13 Å². The SMILES string of the molecule is CCCCCOc1ccc(C(C)N)c(F)c1. The van der Waals surface area contributed by atoms with Crippen molar-refractivity contribution in [3.8, 4) is 5.75 Å². The maximum Gasteiger partial charge on any atom is 0.131 e. The van der Waals surface area contributed by atoms with Crippen LogP contribution in [0, 0.1) is 5.82 Å². The van der Waals surface area contributed by atoms with Gasteiger partial charge >= 0.3 is 0 Å². The van der Waals surface area contributed by atoms with E-state index in [0.717, 1.165) is 19.3 Å². The summed E-state index contributed by atoms with van der Waals surface area (Å²) in [6.45, 7) is 4.54. The Kier molecular flexibility index (Phi) is 5.26. The van der Waals surface area contributed by atoms with Gasteiger partial charge in [0.15, 0.2) is 0 Å². The molecule has 90 valence electrons. The molecule has 2 N–H and O–H groups in total. The second kappa shape index (κ2) is 6.48. The molecule has 1 aromatic rings. The maximum absolute atomic E-state index is 13.5. The number of ether oxygens (including phenoxy) is 1. The molecule has 0 aliphatic heterocycles. The van der Waals surface area contributed by atoms with Crippen molar-refractivity contribution >= 4 is 0 Å². The van der Waals surface area contributed by atoms with Crippen molar-refractivity contribution in [1.82, 2.24) is 0 Å². The van der Waals surface area contributed by atoms with Gasteiger partial charge in [-0.25, -0.2) is 4.39 Å². The van der Waals surface area contributed by atoms with Gasteiger partial charge in [0, 0.05) is 17.7 Å². The minimum absolute atomic E-state index is 0.283. The van der Waals surface area contributed by atoms with Crippen LogP contribution < -0.4 is 10.5 Å². The lowest BCUT2D eigenvalue weighted by molar-refractivity contribution is 0.304. The van der Waals surface area contributed by atoms with E-state index in [-0.39, 0.29) is 11.9 Å². The molecule has 0 fully saturated rings. The number of benzene rings is 1. The zero-order chi connectivity index (χ0) is 12.0. The van der Waals surface area contributed by atoms with Crippen LogP contribution in [0.15, 0.2) is 18.2 Å². The molecule has 0 heterocycles. The van der Waals surface area contributed by atoms with Crippen molar-refractivity contribution in [3.05, 3.63) is 29.6 Å². The first-order chi connectivity index (χ1) is 7.65. The molecule has 0 amide bonds. The van der Waals surface area contributed by atoms with Crippen molar-refractivity contribution in [3.63, 3.8) is 0 Å². The van der Waals surface area contributed by atoms with Crippen molar-refractivity contribution in [2.75, 3.05) is 6.61 Å². The van der Waals surface area contributed by atoms with Crippen LogP contribution in [0.4, 0.5) is 4.39 Å². The van der Waals surface area contributed by atoms with Crippen LogP contribution in [0.2, 0.25) is 0 Å². The zero-order valence-corrected chi connectivity index (χ0v) is 10.0. The number of rotatable bonds is 6. The average Bonchev–Trinajstić information content (AvgIpc) is 2.24. The highest BCUT2D eigenvalue weighted by Crippen LogP contribution is 2.20. The third-order valence-electron chi connectivity index (χ3n) is 2.48. The Morgan fingerprint density at radius 3 is 2.69 bits per heavy atom. The molecular weight excluding hydrogens is 205 g/mol. The van der Waals surface area contributed by atoms with Gasteiger partial charge in [-0.1, -0.05) is 25.8 Å². The molecule has 0 radical (unpaired) electrons. The molecule has 2 nitrogen and oxygen atoms in total. The molecule has 1 atom stereocenters. The Bertz CT molecular complexity index is 326. The van der Waals surface area contributed by atoms with E-state index in [4.69, 9.17) is 10.5 Å². The van der Waals surface area contributed by atoms with E-state index in [9.17, 15) is 4.39 Å². The van der Waals surface area contributed by atoms with Crippen LogP contribution in [-0.2, 0) is 0 Å². The molecule has 1 unspecified atom stereocenters. The Labute approximate surface area is 96.6 Å². The topological polar surface area (TPSA) is 35.2 Å². The minimum Gasteiger partial charge on any atom is -0.493 e. The molecule has 0 aliphatic rings. The lowest BCUT2D eigenvalue weighted by atomic mass is 10.1. The Morgan fingerprint density at radius 2 is 2.12 bits per heavy atom. The van der Waals surface area contributed by atoms with Gasteiger partial charge in [0.25, 0.3) is 0 Å². The number of nitrogens with two attached hydrogens (primary N) is 1. The van der Waals surface area contributed by atoms with E-state index >= 15 is 0 Å². The first kappa shape index (κ1) is 13.0. The van der Waals surface area contributed by atoms with Crippen LogP contribution >= 0.6 is 0 Å². The smallest absolute Gasteiger partial charge is 0.131 e. The molecule has 0 bridgehead atoms. The molecule has 0 saturated carbocycles. The molecule has 0 aromatic heterocycles. The predicted octanol–water partition coefficient (Wildman–Crippen LogP) is 3.41. The summed E-state index contributed by atoms with van der Waals surface area (Å²) in [6.07, 6.45) is 3.30. The van der Waals surface area contributed by atoms with Crippen LogP contribution in [0.5, 0.6) is 5.75 Å². The molecule has 1 aromatic carbocycles. The summed E-state index contributed by atoms with van der Waals surface area (Å²) in [6, 6.07) is 4.59. The fourth-order valence-electron chi connectivity index (χ4n) is 1.51. The van der Waals surface area contributed by atoms with E-state index in [2.05, 4.69) is 6.92 Å². The lowest BCUT2D eigenvalue weighted by Gasteiger charge is -2.10. The third-order valence-corrected chi connectivity index (χ3v) is 2.48. The van der Waals surface area contributed by atoms with Crippen LogP contribution in [-0.4, -0.2) is 6.61 Å². The quantitative estimate of drug-likeness (QED) is 0.753. The first-order valence-corrected chi connectivity index (χ1v) is 5.83. The van der Waals surface area contributed by atoms with E-state index in [1.54, 1.807) is 19.1 Å². The number of hydrogen-bond donors (Lipinski definition) is 1. The van der Waals surface area contributed by atoms with Crippen molar-refractivity contribution in [2.45, 2.75) is 39.2 Å². The van der Waals surface area contributed by atoms with E-state index in [1.807, 2.05) is 0 Å².